The van der Waals surface area contributed by atoms with Crippen molar-refractivity contribution in [3.8, 4) is 0 Å². The number of benzene rings is 1. The highest BCUT2D eigenvalue weighted by molar-refractivity contribution is 5.94. The van der Waals surface area contributed by atoms with Crippen LogP contribution in [0.5, 0.6) is 0 Å². The highest BCUT2D eigenvalue weighted by Gasteiger charge is 2.26. The number of hydrogen-bond donors (Lipinski definition) is 2. The fraction of sp³-hybridized carbons (Fsp3) is 0.556. The van der Waals surface area contributed by atoms with Crippen LogP contribution in [0.1, 0.15) is 42.5 Å². The van der Waals surface area contributed by atoms with Gasteiger partial charge in [0.1, 0.15) is 0 Å². The van der Waals surface area contributed by atoms with Gasteiger partial charge in [-0.25, -0.2) is 4.79 Å². The molecule has 1 aliphatic heterocycles. The van der Waals surface area contributed by atoms with Gasteiger partial charge in [0.25, 0.3) is 5.91 Å². The van der Waals surface area contributed by atoms with E-state index in [0.29, 0.717) is 43.5 Å². The molecule has 1 aromatic rings. The lowest BCUT2D eigenvalue weighted by molar-refractivity contribution is 0.0662. The molecular formula is C18H27ClN4O2. The van der Waals surface area contributed by atoms with E-state index in [0.717, 1.165) is 12.8 Å². The maximum Gasteiger partial charge on any atom is 0.317 e. The summed E-state index contributed by atoms with van der Waals surface area (Å²) >= 11 is 0. The average molecular weight is 367 g/mol. The Balaban J connectivity index is 0.00000225. The number of anilines is 1. The predicted octanol–water partition coefficient (Wildman–Crippen LogP) is 2.49. The van der Waals surface area contributed by atoms with Crippen LogP contribution in [0, 0.1) is 0 Å². The van der Waals surface area contributed by atoms with E-state index in [9.17, 15) is 9.59 Å². The van der Waals surface area contributed by atoms with Crippen LogP contribution in [-0.4, -0.2) is 54.0 Å². The smallest absolute Gasteiger partial charge is 0.317 e. The Morgan fingerprint density at radius 3 is 2.08 bits per heavy atom. The van der Waals surface area contributed by atoms with E-state index in [-0.39, 0.29) is 24.3 Å². The molecule has 138 valence electrons. The van der Waals surface area contributed by atoms with Gasteiger partial charge in [0.05, 0.1) is 0 Å². The normalized spacial score (nSPS) is 18.4. The second-order valence-electron chi connectivity index (χ2n) is 6.69. The van der Waals surface area contributed by atoms with Crippen molar-refractivity contribution >= 4 is 30.0 Å². The van der Waals surface area contributed by atoms with Gasteiger partial charge in [-0.3, -0.25) is 4.79 Å². The minimum atomic E-state index is 0. The monoisotopic (exact) mass is 366 g/mol. The molecule has 0 radical (unpaired) electrons. The van der Waals surface area contributed by atoms with Crippen LogP contribution in [0.2, 0.25) is 0 Å². The Labute approximate surface area is 155 Å². The molecule has 1 heterocycles. The van der Waals surface area contributed by atoms with Crippen molar-refractivity contribution in [2.24, 2.45) is 0 Å². The lowest BCUT2D eigenvalue weighted by Crippen LogP contribution is -2.54. The maximum absolute atomic E-state index is 12.5. The first kappa shape index (κ1) is 19.4. The standard InChI is InChI=1S/C18H26N4O2.ClH/c19-15-8-6-14(7-9-15)17(23)21-10-12-22(13-11-21)18(24)20-16-4-2-1-3-5-16;/h6-9,16H,1-5,10-13,19H2,(H,20,24);1H. The van der Waals surface area contributed by atoms with E-state index in [1.54, 1.807) is 29.2 Å². The van der Waals surface area contributed by atoms with E-state index in [1.807, 2.05) is 4.90 Å². The molecule has 1 saturated heterocycles. The average Bonchev–Trinajstić information content (AvgIpc) is 2.63. The number of rotatable bonds is 2. The van der Waals surface area contributed by atoms with Crippen molar-refractivity contribution in [1.29, 1.82) is 0 Å². The van der Waals surface area contributed by atoms with Crippen LogP contribution in [0.3, 0.4) is 0 Å². The summed E-state index contributed by atoms with van der Waals surface area (Å²) in [6, 6.07) is 7.31. The molecule has 0 unspecified atom stereocenters. The van der Waals surface area contributed by atoms with Crippen molar-refractivity contribution in [2.75, 3.05) is 31.9 Å². The second-order valence-corrected chi connectivity index (χ2v) is 6.69. The van der Waals surface area contributed by atoms with Gasteiger partial charge in [0.2, 0.25) is 0 Å². The molecule has 3 N–H and O–H groups in total. The van der Waals surface area contributed by atoms with Crippen LogP contribution in [0.25, 0.3) is 0 Å². The summed E-state index contributed by atoms with van der Waals surface area (Å²) < 4.78 is 0. The van der Waals surface area contributed by atoms with E-state index < -0.39 is 0 Å². The first-order valence-corrected chi connectivity index (χ1v) is 8.84. The molecule has 6 nitrogen and oxygen atoms in total. The van der Waals surface area contributed by atoms with Crippen molar-refractivity contribution in [3.05, 3.63) is 29.8 Å². The SMILES string of the molecule is Cl.Nc1ccc(C(=O)N2CCN(C(=O)NC3CCCCC3)CC2)cc1. The zero-order valence-electron chi connectivity index (χ0n) is 14.4. The molecule has 0 aromatic heterocycles. The molecule has 0 spiro atoms. The molecule has 3 rings (SSSR count). The number of nitrogens with two attached hydrogens (primary N) is 1. The topological polar surface area (TPSA) is 78.7 Å². The summed E-state index contributed by atoms with van der Waals surface area (Å²) in [4.78, 5) is 28.4. The summed E-state index contributed by atoms with van der Waals surface area (Å²) in [5, 5.41) is 3.14. The number of nitrogen functional groups attached to an aromatic ring is 1. The molecule has 0 atom stereocenters. The quantitative estimate of drug-likeness (QED) is 0.789. The van der Waals surface area contributed by atoms with Crippen LogP contribution in [-0.2, 0) is 0 Å². The number of amides is 3. The number of urea groups is 1. The summed E-state index contributed by atoms with van der Waals surface area (Å²) in [5.74, 6) is 0.00217. The predicted molar refractivity (Wildman–Crippen MR) is 101 cm³/mol. The minimum absolute atomic E-state index is 0. The Hall–Kier alpha value is -1.95. The Bertz CT molecular complexity index is 579. The van der Waals surface area contributed by atoms with E-state index >= 15 is 0 Å². The summed E-state index contributed by atoms with van der Waals surface area (Å²) in [6.07, 6.45) is 5.85. The molecule has 1 aliphatic carbocycles. The van der Waals surface area contributed by atoms with Crippen molar-refractivity contribution in [2.45, 2.75) is 38.1 Å². The number of piperazine rings is 1. The zero-order chi connectivity index (χ0) is 16.9. The molecule has 0 bridgehead atoms. The molecular weight excluding hydrogens is 340 g/mol. The molecule has 2 fully saturated rings. The highest BCUT2D eigenvalue weighted by Crippen LogP contribution is 2.18. The maximum atomic E-state index is 12.5. The first-order chi connectivity index (χ1) is 11.6. The van der Waals surface area contributed by atoms with Crippen molar-refractivity contribution in [1.82, 2.24) is 15.1 Å². The third kappa shape index (κ3) is 5.01. The van der Waals surface area contributed by atoms with Crippen LogP contribution >= 0.6 is 12.4 Å². The number of halogens is 1. The summed E-state index contributed by atoms with van der Waals surface area (Å²) in [5.41, 5.74) is 6.95. The Kier molecular flexibility index (Phi) is 6.93. The van der Waals surface area contributed by atoms with Gasteiger partial charge in [-0.2, -0.15) is 0 Å². The summed E-state index contributed by atoms with van der Waals surface area (Å²) in [7, 11) is 0. The van der Waals surface area contributed by atoms with Crippen LogP contribution < -0.4 is 11.1 Å². The Morgan fingerprint density at radius 2 is 1.48 bits per heavy atom. The van der Waals surface area contributed by atoms with Crippen molar-refractivity contribution in [3.63, 3.8) is 0 Å². The zero-order valence-corrected chi connectivity index (χ0v) is 15.3. The van der Waals surface area contributed by atoms with Crippen LogP contribution in [0.4, 0.5) is 10.5 Å². The van der Waals surface area contributed by atoms with Gasteiger partial charge >= 0.3 is 6.03 Å². The fourth-order valence-electron chi connectivity index (χ4n) is 3.43. The van der Waals surface area contributed by atoms with E-state index in [4.69, 9.17) is 5.73 Å². The van der Waals surface area contributed by atoms with Gasteiger partial charge in [-0.1, -0.05) is 19.3 Å². The molecule has 1 saturated carbocycles. The number of carbonyl (C=O) groups is 2. The highest BCUT2D eigenvalue weighted by atomic mass is 35.5. The third-order valence-electron chi connectivity index (χ3n) is 4.94. The van der Waals surface area contributed by atoms with E-state index in [2.05, 4.69) is 5.32 Å². The van der Waals surface area contributed by atoms with Crippen LogP contribution in [0.15, 0.2) is 24.3 Å². The number of hydrogen-bond acceptors (Lipinski definition) is 3. The molecule has 2 aliphatic rings. The van der Waals surface area contributed by atoms with Crippen molar-refractivity contribution < 1.29 is 9.59 Å². The molecule has 1 aromatic carbocycles. The largest absolute Gasteiger partial charge is 0.399 e. The van der Waals surface area contributed by atoms with Gasteiger partial charge < -0.3 is 20.9 Å². The Morgan fingerprint density at radius 1 is 0.920 bits per heavy atom. The van der Waals surface area contributed by atoms with Gasteiger partial charge in [0.15, 0.2) is 0 Å². The molecule has 25 heavy (non-hydrogen) atoms. The lowest BCUT2D eigenvalue weighted by Gasteiger charge is -2.36. The first-order valence-electron chi connectivity index (χ1n) is 8.84. The van der Waals surface area contributed by atoms with Gasteiger partial charge in [-0.05, 0) is 37.1 Å². The second kappa shape index (κ2) is 8.94. The molecule has 3 amide bonds. The van der Waals surface area contributed by atoms with Gasteiger partial charge in [-0.15, -0.1) is 12.4 Å². The van der Waals surface area contributed by atoms with Gasteiger partial charge in [0, 0.05) is 43.5 Å². The number of nitrogens with zero attached hydrogens (tertiary/aromatic N) is 2. The fourth-order valence-corrected chi connectivity index (χ4v) is 3.43. The minimum Gasteiger partial charge on any atom is -0.399 e. The third-order valence-corrected chi connectivity index (χ3v) is 4.94. The number of nitrogens with one attached hydrogen (secondary N) is 1. The molecule has 7 heteroatoms. The number of carbonyl (C=O) groups excluding carboxylic acids is 2. The van der Waals surface area contributed by atoms with E-state index in [1.165, 1.54) is 19.3 Å². The lowest BCUT2D eigenvalue weighted by atomic mass is 9.96. The summed E-state index contributed by atoms with van der Waals surface area (Å²) in [6.45, 7) is 2.31.